The third kappa shape index (κ3) is 6.79. The van der Waals surface area contributed by atoms with Crippen LogP contribution in [0.15, 0.2) is 133 Å². The maximum absolute atomic E-state index is 16.3. The first-order valence-electron chi connectivity index (χ1n) is 18.0. The van der Waals surface area contributed by atoms with Crippen molar-refractivity contribution in [1.29, 1.82) is 0 Å². The van der Waals surface area contributed by atoms with Crippen LogP contribution < -0.4 is 9.80 Å². The van der Waals surface area contributed by atoms with Gasteiger partial charge in [0, 0.05) is 21.9 Å². The van der Waals surface area contributed by atoms with Crippen LogP contribution >= 0.6 is 0 Å². The van der Waals surface area contributed by atoms with Crippen LogP contribution in [-0.2, 0) is 12.4 Å². The first kappa shape index (κ1) is 41.6. The molecule has 0 N–H and O–H groups in total. The molecule has 0 aliphatic carbocycles. The van der Waals surface area contributed by atoms with Crippen LogP contribution in [0.3, 0.4) is 0 Å². The SMILES string of the molecule is Fc1c(F)c(C(F)(F)F)c(F)c(F)c1N(c1ccccc1-c1ccccc1N(c1c(F)c(F)c(C(F)(F)F)c(F)c1F)c1cccc2ccccc12)c1cccc2ccccc12. The molecule has 16 heteroatoms. The summed E-state index contributed by atoms with van der Waals surface area (Å²) in [5.74, 6) is -21.0. The summed E-state index contributed by atoms with van der Waals surface area (Å²) in [6, 6.07) is 30.4. The summed E-state index contributed by atoms with van der Waals surface area (Å²) in [7, 11) is 0. The number of halogens is 14. The van der Waals surface area contributed by atoms with Crippen molar-refractivity contribution in [1.82, 2.24) is 0 Å². The summed E-state index contributed by atoms with van der Waals surface area (Å²) in [5.41, 5.74) is -10.9. The molecule has 0 unspecified atom stereocenters. The van der Waals surface area contributed by atoms with E-state index in [4.69, 9.17) is 0 Å². The fourth-order valence-electron chi connectivity index (χ4n) is 7.47. The zero-order valence-electron chi connectivity index (χ0n) is 30.9. The fraction of sp³-hybridized carbons (Fsp3) is 0.0435. The highest BCUT2D eigenvalue weighted by Crippen LogP contribution is 2.52. The molecule has 0 bridgehead atoms. The smallest absolute Gasteiger partial charge is 0.304 e. The van der Waals surface area contributed by atoms with Crippen molar-refractivity contribution < 1.29 is 61.5 Å². The number of nitrogens with zero attached hydrogens (tertiary/aromatic N) is 2. The van der Waals surface area contributed by atoms with E-state index >= 15 is 35.1 Å². The maximum Gasteiger partial charge on any atom is 0.422 e. The van der Waals surface area contributed by atoms with Gasteiger partial charge in [0.05, 0.1) is 22.7 Å². The number of benzene rings is 8. The molecule has 0 radical (unpaired) electrons. The fourth-order valence-corrected chi connectivity index (χ4v) is 7.47. The van der Waals surface area contributed by atoms with E-state index in [1.807, 2.05) is 0 Å². The van der Waals surface area contributed by atoms with Gasteiger partial charge < -0.3 is 9.80 Å². The topological polar surface area (TPSA) is 6.48 Å². The monoisotopic (exact) mass is 868 g/mol. The van der Waals surface area contributed by atoms with Crippen molar-refractivity contribution in [3.8, 4) is 11.1 Å². The molecule has 8 aromatic rings. The molecule has 0 amide bonds. The molecule has 0 saturated heterocycles. The quantitative estimate of drug-likeness (QED) is 0.116. The Labute approximate surface area is 341 Å². The number of alkyl halides is 6. The summed E-state index contributed by atoms with van der Waals surface area (Å²) in [6.45, 7) is 0. The first-order valence-corrected chi connectivity index (χ1v) is 18.0. The van der Waals surface area contributed by atoms with Crippen LogP contribution in [0.1, 0.15) is 11.1 Å². The van der Waals surface area contributed by atoms with Gasteiger partial charge in [0.2, 0.25) is 0 Å². The zero-order chi connectivity index (χ0) is 44.4. The second kappa shape index (κ2) is 15.4. The largest absolute Gasteiger partial charge is 0.422 e. The molecule has 2 nitrogen and oxygen atoms in total. The van der Waals surface area contributed by atoms with E-state index in [2.05, 4.69) is 0 Å². The molecular formula is C46H22F14N2. The van der Waals surface area contributed by atoms with E-state index in [1.165, 1.54) is 84.9 Å². The van der Waals surface area contributed by atoms with Gasteiger partial charge in [0.15, 0.2) is 46.5 Å². The molecule has 0 aliphatic heterocycles. The maximum atomic E-state index is 16.3. The third-order valence-corrected chi connectivity index (χ3v) is 10.1. The van der Waals surface area contributed by atoms with Gasteiger partial charge in [-0.05, 0) is 35.0 Å². The van der Waals surface area contributed by atoms with E-state index in [1.54, 1.807) is 36.4 Å². The molecule has 0 fully saturated rings. The Kier molecular flexibility index (Phi) is 10.4. The number of hydrogen-bond donors (Lipinski definition) is 0. The molecule has 8 aromatic carbocycles. The normalized spacial score (nSPS) is 12.0. The van der Waals surface area contributed by atoms with Gasteiger partial charge >= 0.3 is 12.4 Å². The lowest BCUT2D eigenvalue weighted by Crippen LogP contribution is -2.22. The Morgan fingerprint density at radius 2 is 0.565 bits per heavy atom. The summed E-state index contributed by atoms with van der Waals surface area (Å²) in [4.78, 5) is 1.18. The molecule has 62 heavy (non-hydrogen) atoms. The van der Waals surface area contributed by atoms with Gasteiger partial charge in [-0.2, -0.15) is 26.3 Å². The van der Waals surface area contributed by atoms with Gasteiger partial charge in [0.1, 0.15) is 22.5 Å². The van der Waals surface area contributed by atoms with Crippen LogP contribution in [-0.4, -0.2) is 0 Å². The first-order chi connectivity index (χ1) is 29.4. The van der Waals surface area contributed by atoms with Gasteiger partial charge in [0.25, 0.3) is 0 Å². The average molecular weight is 869 g/mol. The standard InChI is InChI=1S/C46H22F14N2/c47-35-33(45(55,56)57)36(48)40(52)43(39(35)51)61(29-21-9-13-23-11-1-3-15-25(23)29)31-19-7-5-17-27(31)28-18-6-8-20-32(28)62(30-22-10-14-24-12-2-4-16-26(24)30)44-41(53)37(49)34(46(58,59)60)38(50)42(44)54/h1-22H. The molecular weight excluding hydrogens is 846 g/mol. The second-order valence-corrected chi connectivity index (χ2v) is 13.7. The van der Waals surface area contributed by atoms with Crippen LogP contribution in [0.25, 0.3) is 32.7 Å². The van der Waals surface area contributed by atoms with Crippen LogP contribution in [0.2, 0.25) is 0 Å². The Bertz CT molecular complexity index is 2790. The van der Waals surface area contributed by atoms with E-state index < -0.39 is 92.8 Å². The molecule has 0 spiro atoms. The number of fused-ring (bicyclic) bond motifs is 2. The lowest BCUT2D eigenvalue weighted by molar-refractivity contribution is -0.144. The average Bonchev–Trinajstić information content (AvgIpc) is 3.24. The molecule has 0 saturated carbocycles. The minimum atomic E-state index is -5.90. The Morgan fingerprint density at radius 1 is 0.290 bits per heavy atom. The van der Waals surface area contributed by atoms with Crippen molar-refractivity contribution >= 4 is 55.7 Å². The highest BCUT2D eigenvalue weighted by molar-refractivity contribution is 6.05. The lowest BCUT2D eigenvalue weighted by atomic mass is 9.97. The Balaban J connectivity index is 1.49. The predicted molar refractivity (Wildman–Crippen MR) is 206 cm³/mol. The predicted octanol–water partition coefficient (Wildman–Crippen LogP) is 15.7. The Morgan fingerprint density at radius 3 is 0.903 bits per heavy atom. The van der Waals surface area contributed by atoms with Crippen molar-refractivity contribution in [3.05, 3.63) is 191 Å². The molecule has 0 aromatic heterocycles. The second-order valence-electron chi connectivity index (χ2n) is 13.7. The van der Waals surface area contributed by atoms with E-state index in [0.717, 1.165) is 12.1 Å². The molecule has 0 heterocycles. The summed E-state index contributed by atoms with van der Waals surface area (Å²) in [6.07, 6.45) is -11.8. The van der Waals surface area contributed by atoms with Gasteiger partial charge in [-0.15, -0.1) is 0 Å². The van der Waals surface area contributed by atoms with Crippen LogP contribution in [0.5, 0.6) is 0 Å². The number of rotatable bonds is 7. The summed E-state index contributed by atoms with van der Waals surface area (Å²) >= 11 is 0. The van der Waals surface area contributed by atoms with Gasteiger partial charge in [-0.3, -0.25) is 0 Å². The lowest BCUT2D eigenvalue weighted by Gasteiger charge is -2.33. The van der Waals surface area contributed by atoms with E-state index in [-0.39, 0.29) is 33.3 Å². The Hall–Kier alpha value is -7.10. The van der Waals surface area contributed by atoms with E-state index in [9.17, 15) is 26.3 Å². The highest BCUT2D eigenvalue weighted by Gasteiger charge is 2.45. The van der Waals surface area contributed by atoms with Crippen molar-refractivity contribution in [2.24, 2.45) is 0 Å². The third-order valence-electron chi connectivity index (χ3n) is 10.1. The summed E-state index contributed by atoms with van der Waals surface area (Å²) in [5, 5.41) is 1.05. The molecule has 8 rings (SSSR count). The number of anilines is 6. The molecule has 0 aliphatic rings. The van der Waals surface area contributed by atoms with Crippen molar-refractivity contribution in [3.63, 3.8) is 0 Å². The molecule has 0 atom stereocenters. The van der Waals surface area contributed by atoms with Gasteiger partial charge in [-0.25, -0.2) is 35.1 Å². The van der Waals surface area contributed by atoms with Crippen LogP contribution in [0.4, 0.5) is 95.6 Å². The number of hydrogen-bond acceptors (Lipinski definition) is 2. The summed E-state index contributed by atoms with van der Waals surface area (Å²) < 4.78 is 210. The molecule has 314 valence electrons. The zero-order valence-corrected chi connectivity index (χ0v) is 30.9. The minimum absolute atomic E-state index is 0.148. The van der Waals surface area contributed by atoms with E-state index in [0.29, 0.717) is 20.6 Å². The van der Waals surface area contributed by atoms with Gasteiger partial charge in [-0.1, -0.05) is 109 Å². The van der Waals surface area contributed by atoms with Crippen molar-refractivity contribution in [2.45, 2.75) is 12.4 Å². The van der Waals surface area contributed by atoms with Crippen LogP contribution in [0, 0.1) is 46.5 Å². The minimum Gasteiger partial charge on any atom is -0.304 e. The highest BCUT2D eigenvalue weighted by atomic mass is 19.4. The van der Waals surface area contributed by atoms with Crippen molar-refractivity contribution in [2.75, 3.05) is 9.80 Å². The number of para-hydroxylation sites is 2.